The molecule has 13 heavy (non-hydrogen) atoms. The van der Waals surface area contributed by atoms with Gasteiger partial charge in [-0.1, -0.05) is 26.3 Å². The van der Waals surface area contributed by atoms with Crippen LogP contribution in [0.5, 0.6) is 0 Å². The van der Waals surface area contributed by atoms with Crippen LogP contribution in [0.2, 0.25) is 0 Å². The molecule has 0 aliphatic heterocycles. The molecule has 0 spiro atoms. The summed E-state index contributed by atoms with van der Waals surface area (Å²) in [7, 11) is 0. The van der Waals surface area contributed by atoms with E-state index in [1.54, 1.807) is 0 Å². The second-order valence-electron chi connectivity index (χ2n) is 5.23. The van der Waals surface area contributed by atoms with Crippen LogP contribution in [0.1, 0.15) is 52.4 Å². The number of aliphatic hydroxyl groups is 1. The van der Waals surface area contributed by atoms with Gasteiger partial charge in [0.1, 0.15) is 0 Å². The molecule has 1 heteroatoms. The predicted octanol–water partition coefficient (Wildman–Crippen LogP) is 3.28. The van der Waals surface area contributed by atoms with Crippen molar-refractivity contribution in [2.24, 2.45) is 5.41 Å². The van der Waals surface area contributed by atoms with Crippen LogP contribution < -0.4 is 0 Å². The van der Waals surface area contributed by atoms with Crippen LogP contribution in [0.3, 0.4) is 0 Å². The maximum atomic E-state index is 10.2. The van der Waals surface area contributed by atoms with E-state index in [-0.39, 0.29) is 0 Å². The molecular weight excluding hydrogens is 160 g/mol. The summed E-state index contributed by atoms with van der Waals surface area (Å²) in [6.45, 7) is 8.30. The molecule has 1 fully saturated rings. The highest BCUT2D eigenvalue weighted by Crippen LogP contribution is 2.39. The summed E-state index contributed by atoms with van der Waals surface area (Å²) < 4.78 is 0. The summed E-state index contributed by atoms with van der Waals surface area (Å²) in [5.74, 6) is 0. The topological polar surface area (TPSA) is 20.2 Å². The summed E-state index contributed by atoms with van der Waals surface area (Å²) in [6, 6.07) is 0. The summed E-state index contributed by atoms with van der Waals surface area (Å²) in [5, 5.41) is 10.2. The van der Waals surface area contributed by atoms with Gasteiger partial charge in [-0.15, -0.1) is 6.58 Å². The SMILES string of the molecule is C=CCC1(O)CCCC(C)(C)CC1. The lowest BCUT2D eigenvalue weighted by molar-refractivity contribution is 0.0253. The Morgan fingerprint density at radius 1 is 1.23 bits per heavy atom. The van der Waals surface area contributed by atoms with E-state index in [0.717, 1.165) is 32.1 Å². The van der Waals surface area contributed by atoms with Crippen molar-refractivity contribution >= 4 is 0 Å². The first-order valence-corrected chi connectivity index (χ1v) is 5.31. The highest BCUT2D eigenvalue weighted by Gasteiger charge is 2.32. The van der Waals surface area contributed by atoms with Gasteiger partial charge in [-0.2, -0.15) is 0 Å². The minimum Gasteiger partial charge on any atom is -0.390 e. The Kier molecular flexibility index (Phi) is 3.18. The van der Waals surface area contributed by atoms with Crippen molar-refractivity contribution in [1.29, 1.82) is 0 Å². The molecule has 1 rings (SSSR count). The van der Waals surface area contributed by atoms with E-state index < -0.39 is 5.60 Å². The maximum absolute atomic E-state index is 10.2. The molecule has 0 amide bonds. The van der Waals surface area contributed by atoms with Gasteiger partial charge in [0.05, 0.1) is 5.60 Å². The molecule has 0 aromatic heterocycles. The average molecular weight is 182 g/mol. The van der Waals surface area contributed by atoms with Crippen LogP contribution >= 0.6 is 0 Å². The Hall–Kier alpha value is -0.300. The molecule has 1 unspecified atom stereocenters. The molecule has 0 radical (unpaired) electrons. The van der Waals surface area contributed by atoms with Crippen molar-refractivity contribution < 1.29 is 5.11 Å². The fourth-order valence-corrected chi connectivity index (χ4v) is 2.19. The smallest absolute Gasteiger partial charge is 0.0682 e. The maximum Gasteiger partial charge on any atom is 0.0682 e. The highest BCUT2D eigenvalue weighted by atomic mass is 16.3. The number of rotatable bonds is 2. The summed E-state index contributed by atoms with van der Waals surface area (Å²) >= 11 is 0. The van der Waals surface area contributed by atoms with Crippen LogP contribution in [-0.2, 0) is 0 Å². The first kappa shape index (κ1) is 10.8. The fraction of sp³-hybridized carbons (Fsp3) is 0.833. The molecule has 1 N–H and O–H groups in total. The van der Waals surface area contributed by atoms with Gasteiger partial charge >= 0.3 is 0 Å². The monoisotopic (exact) mass is 182 g/mol. The van der Waals surface area contributed by atoms with Gasteiger partial charge in [0.25, 0.3) is 0 Å². The zero-order valence-electron chi connectivity index (χ0n) is 8.97. The van der Waals surface area contributed by atoms with Crippen LogP contribution in [-0.4, -0.2) is 10.7 Å². The van der Waals surface area contributed by atoms with Crippen LogP contribution in [0, 0.1) is 5.41 Å². The molecule has 1 nitrogen and oxygen atoms in total. The zero-order chi connectivity index (χ0) is 9.95. The van der Waals surface area contributed by atoms with Crippen molar-refractivity contribution in [2.75, 3.05) is 0 Å². The van der Waals surface area contributed by atoms with Gasteiger partial charge in [0.15, 0.2) is 0 Å². The Morgan fingerprint density at radius 3 is 2.54 bits per heavy atom. The lowest BCUT2D eigenvalue weighted by Crippen LogP contribution is -2.27. The van der Waals surface area contributed by atoms with Crippen LogP contribution in [0.4, 0.5) is 0 Å². The summed E-state index contributed by atoms with van der Waals surface area (Å²) in [4.78, 5) is 0. The Balaban J connectivity index is 2.57. The summed E-state index contributed by atoms with van der Waals surface area (Å²) in [6.07, 6.45) is 8.01. The van der Waals surface area contributed by atoms with Crippen LogP contribution in [0.25, 0.3) is 0 Å². The molecule has 0 aromatic carbocycles. The molecule has 0 aromatic rings. The van der Waals surface area contributed by atoms with Crippen molar-refractivity contribution in [3.8, 4) is 0 Å². The molecule has 1 aliphatic carbocycles. The third-order valence-electron chi connectivity index (χ3n) is 3.29. The highest BCUT2D eigenvalue weighted by molar-refractivity contribution is 4.90. The second kappa shape index (κ2) is 3.83. The molecule has 76 valence electrons. The quantitative estimate of drug-likeness (QED) is 0.513. The molecule has 0 heterocycles. The first-order chi connectivity index (χ1) is 5.97. The molecule has 1 aliphatic rings. The normalized spacial score (nSPS) is 33.8. The van der Waals surface area contributed by atoms with Gasteiger partial charge in [0.2, 0.25) is 0 Å². The molecule has 0 bridgehead atoms. The predicted molar refractivity (Wildman–Crippen MR) is 56.6 cm³/mol. The Labute approximate surface area is 81.9 Å². The van der Waals surface area contributed by atoms with Crippen molar-refractivity contribution in [3.63, 3.8) is 0 Å². The Bertz CT molecular complexity index is 184. The summed E-state index contributed by atoms with van der Waals surface area (Å²) in [5.41, 5.74) is -0.0266. The lowest BCUT2D eigenvalue weighted by atomic mass is 9.84. The van der Waals surface area contributed by atoms with Gasteiger partial charge in [-0.25, -0.2) is 0 Å². The lowest BCUT2D eigenvalue weighted by Gasteiger charge is -2.26. The zero-order valence-corrected chi connectivity index (χ0v) is 8.97. The van der Waals surface area contributed by atoms with Gasteiger partial charge in [0, 0.05) is 0 Å². The van der Waals surface area contributed by atoms with E-state index in [0.29, 0.717) is 5.41 Å². The van der Waals surface area contributed by atoms with Gasteiger partial charge < -0.3 is 5.11 Å². The average Bonchev–Trinajstić information content (AvgIpc) is 2.13. The second-order valence-corrected chi connectivity index (χ2v) is 5.23. The van der Waals surface area contributed by atoms with Crippen molar-refractivity contribution in [1.82, 2.24) is 0 Å². The third-order valence-corrected chi connectivity index (χ3v) is 3.29. The van der Waals surface area contributed by atoms with Crippen molar-refractivity contribution in [3.05, 3.63) is 12.7 Å². The minimum atomic E-state index is -0.449. The van der Waals surface area contributed by atoms with Crippen molar-refractivity contribution in [2.45, 2.75) is 58.0 Å². The molecule has 1 atom stereocenters. The third kappa shape index (κ3) is 3.15. The molecule has 1 saturated carbocycles. The van der Waals surface area contributed by atoms with Gasteiger partial charge in [-0.05, 0) is 37.5 Å². The number of hydrogen-bond acceptors (Lipinski definition) is 1. The van der Waals surface area contributed by atoms with E-state index in [2.05, 4.69) is 20.4 Å². The van der Waals surface area contributed by atoms with E-state index >= 15 is 0 Å². The van der Waals surface area contributed by atoms with Gasteiger partial charge in [-0.3, -0.25) is 0 Å². The fourth-order valence-electron chi connectivity index (χ4n) is 2.19. The van der Waals surface area contributed by atoms with E-state index in [4.69, 9.17) is 0 Å². The van der Waals surface area contributed by atoms with Crippen LogP contribution in [0.15, 0.2) is 12.7 Å². The standard InChI is InChI=1S/C12H22O/c1-4-6-12(13)8-5-7-11(2,3)9-10-12/h4,13H,1,5-10H2,2-3H3. The number of hydrogen-bond donors (Lipinski definition) is 1. The minimum absolute atomic E-state index is 0.422. The Morgan fingerprint density at radius 2 is 1.92 bits per heavy atom. The van der Waals surface area contributed by atoms with E-state index in [1.807, 2.05) is 6.08 Å². The van der Waals surface area contributed by atoms with E-state index in [1.165, 1.54) is 6.42 Å². The molecular formula is C12H22O. The largest absolute Gasteiger partial charge is 0.390 e. The first-order valence-electron chi connectivity index (χ1n) is 5.31. The van der Waals surface area contributed by atoms with E-state index in [9.17, 15) is 5.11 Å². The molecule has 0 saturated heterocycles.